The minimum atomic E-state index is -1.07. The molecular weight excluding hydrogens is 600 g/mol. The minimum absolute atomic E-state index is 0.00266. The van der Waals surface area contributed by atoms with Crippen molar-refractivity contribution in [1.82, 2.24) is 20.8 Å². The van der Waals surface area contributed by atoms with E-state index in [1.807, 2.05) is 83.1 Å². The van der Waals surface area contributed by atoms with Crippen molar-refractivity contribution in [2.24, 2.45) is 11.8 Å². The topological polar surface area (TPSA) is 141 Å². The standard InChI is InChI=1S/C36H58N4O7/c1-21-22(2)30-26(15-16-36(12,47-30)31(43)38-20-25-18-33(6,7)40(45)35(25,10)11)23(3)29(21)46-28(42)14-13-27(41)37-19-24-17-32(4,5)39(44)34(24,8)9/h24-25,44-45H,13-20H2,1-12H3,(H,37,41)(H,38,43). The van der Waals surface area contributed by atoms with Crippen LogP contribution in [0.4, 0.5) is 0 Å². The Morgan fingerprint density at radius 1 is 0.787 bits per heavy atom. The molecular formula is C36H58N4O7. The molecule has 3 heterocycles. The molecule has 11 nitrogen and oxygen atoms in total. The van der Waals surface area contributed by atoms with Gasteiger partial charge in [-0.2, -0.15) is 10.1 Å². The van der Waals surface area contributed by atoms with E-state index in [0.717, 1.165) is 35.1 Å². The third-order valence-electron chi connectivity index (χ3n) is 11.5. The van der Waals surface area contributed by atoms with Gasteiger partial charge in [0, 0.05) is 53.7 Å². The summed E-state index contributed by atoms with van der Waals surface area (Å²) in [6.07, 6.45) is 2.46. The van der Waals surface area contributed by atoms with Crippen LogP contribution in [0.1, 0.15) is 117 Å². The van der Waals surface area contributed by atoms with E-state index < -0.39 is 22.6 Å². The summed E-state index contributed by atoms with van der Waals surface area (Å²) in [6.45, 7) is 24.2. The highest BCUT2D eigenvalue weighted by Crippen LogP contribution is 2.46. The summed E-state index contributed by atoms with van der Waals surface area (Å²) in [5.74, 6) is 0.339. The van der Waals surface area contributed by atoms with Crippen molar-refractivity contribution in [1.29, 1.82) is 0 Å². The van der Waals surface area contributed by atoms with Crippen LogP contribution in [0.5, 0.6) is 11.5 Å². The number of hydrogen-bond acceptors (Lipinski definition) is 9. The molecule has 0 spiro atoms. The molecule has 3 unspecified atom stereocenters. The van der Waals surface area contributed by atoms with Gasteiger partial charge in [-0.05, 0) is 131 Å². The van der Waals surface area contributed by atoms with E-state index in [4.69, 9.17) is 9.47 Å². The number of nitrogens with one attached hydrogen (secondary N) is 2. The van der Waals surface area contributed by atoms with Crippen LogP contribution in [0.25, 0.3) is 0 Å². The van der Waals surface area contributed by atoms with E-state index in [0.29, 0.717) is 37.4 Å². The summed E-state index contributed by atoms with van der Waals surface area (Å²) in [6, 6.07) is 0. The molecule has 3 atom stereocenters. The molecule has 2 fully saturated rings. The summed E-state index contributed by atoms with van der Waals surface area (Å²) < 4.78 is 12.3. The molecule has 0 aromatic heterocycles. The van der Waals surface area contributed by atoms with Crippen molar-refractivity contribution >= 4 is 17.8 Å². The van der Waals surface area contributed by atoms with E-state index in [1.165, 1.54) is 10.1 Å². The van der Waals surface area contributed by atoms with E-state index in [-0.39, 0.29) is 47.6 Å². The number of hydroxylamine groups is 4. The summed E-state index contributed by atoms with van der Waals surface area (Å²) >= 11 is 0. The second-order valence-corrected chi connectivity index (χ2v) is 16.7. The monoisotopic (exact) mass is 658 g/mol. The fraction of sp³-hybridized carbons (Fsp3) is 0.750. The quantitative estimate of drug-likeness (QED) is 0.209. The Bertz CT molecular complexity index is 1420. The Labute approximate surface area is 280 Å². The molecule has 0 bridgehead atoms. The van der Waals surface area contributed by atoms with E-state index >= 15 is 0 Å². The van der Waals surface area contributed by atoms with E-state index in [1.54, 1.807) is 0 Å². The van der Waals surface area contributed by atoms with Gasteiger partial charge in [-0.15, -0.1) is 0 Å². The van der Waals surface area contributed by atoms with Crippen molar-refractivity contribution in [2.75, 3.05) is 13.1 Å². The first-order valence-electron chi connectivity index (χ1n) is 17.0. The highest BCUT2D eigenvalue weighted by molar-refractivity contribution is 5.86. The lowest BCUT2D eigenvalue weighted by molar-refractivity contribution is -0.196. The van der Waals surface area contributed by atoms with Gasteiger partial charge in [-0.25, -0.2) is 0 Å². The van der Waals surface area contributed by atoms with Crippen molar-refractivity contribution in [2.45, 2.75) is 149 Å². The number of esters is 1. The largest absolute Gasteiger partial charge is 0.477 e. The van der Waals surface area contributed by atoms with Gasteiger partial charge < -0.3 is 30.5 Å². The van der Waals surface area contributed by atoms with E-state index in [2.05, 4.69) is 10.6 Å². The van der Waals surface area contributed by atoms with Crippen molar-refractivity contribution in [3.63, 3.8) is 0 Å². The van der Waals surface area contributed by atoms with Crippen molar-refractivity contribution in [3.8, 4) is 11.5 Å². The molecule has 11 heteroatoms. The fourth-order valence-corrected chi connectivity index (χ4v) is 8.08. The molecule has 4 rings (SSSR count). The first-order valence-corrected chi connectivity index (χ1v) is 17.0. The predicted octanol–water partition coefficient (Wildman–Crippen LogP) is 5.15. The van der Waals surface area contributed by atoms with Gasteiger partial charge in [0.15, 0.2) is 5.60 Å². The van der Waals surface area contributed by atoms with Crippen LogP contribution in [0.2, 0.25) is 0 Å². The lowest BCUT2D eigenvalue weighted by Gasteiger charge is -2.38. The fourth-order valence-electron chi connectivity index (χ4n) is 8.08. The summed E-state index contributed by atoms with van der Waals surface area (Å²) in [5.41, 5.74) is 0.473. The number of rotatable bonds is 9. The van der Waals surface area contributed by atoms with Crippen LogP contribution in [0, 0.1) is 32.6 Å². The van der Waals surface area contributed by atoms with Crippen LogP contribution in [0.15, 0.2) is 0 Å². The second kappa shape index (κ2) is 12.6. The summed E-state index contributed by atoms with van der Waals surface area (Å²) in [5, 5.41) is 30.0. The van der Waals surface area contributed by atoms with Gasteiger partial charge in [-0.3, -0.25) is 14.4 Å². The van der Waals surface area contributed by atoms with E-state index in [9.17, 15) is 24.8 Å². The smallest absolute Gasteiger partial charge is 0.311 e. The van der Waals surface area contributed by atoms with Crippen molar-refractivity contribution in [3.05, 3.63) is 22.3 Å². The third-order valence-corrected chi connectivity index (χ3v) is 11.5. The molecule has 1 aromatic rings. The zero-order valence-corrected chi connectivity index (χ0v) is 30.6. The van der Waals surface area contributed by atoms with Crippen LogP contribution in [-0.4, -0.2) is 79.2 Å². The first-order chi connectivity index (χ1) is 21.5. The molecule has 3 aliphatic rings. The number of fused-ring (bicyclic) bond motifs is 1. The van der Waals surface area contributed by atoms with Crippen LogP contribution >= 0.6 is 0 Å². The Morgan fingerprint density at radius 3 is 1.79 bits per heavy atom. The zero-order chi connectivity index (χ0) is 35.5. The Morgan fingerprint density at radius 2 is 1.30 bits per heavy atom. The highest BCUT2D eigenvalue weighted by Gasteiger charge is 2.52. The minimum Gasteiger partial charge on any atom is -0.477 e. The van der Waals surface area contributed by atoms with Gasteiger partial charge in [0.1, 0.15) is 11.5 Å². The first kappa shape index (κ1) is 37.1. The van der Waals surface area contributed by atoms with Gasteiger partial charge >= 0.3 is 5.97 Å². The third kappa shape index (κ3) is 6.91. The molecule has 1 aromatic carbocycles. The number of ether oxygens (including phenoxy) is 2. The average Bonchev–Trinajstić information content (AvgIpc) is 3.25. The Hall–Kier alpha value is -2.73. The molecule has 4 N–H and O–H groups in total. The molecule has 2 saturated heterocycles. The van der Waals surface area contributed by atoms with Crippen molar-refractivity contribution < 1.29 is 34.3 Å². The Kier molecular flexibility index (Phi) is 9.96. The Balaban J connectivity index is 1.35. The number of nitrogens with zero attached hydrogens (tertiary/aromatic N) is 2. The van der Waals surface area contributed by atoms with Crippen LogP contribution in [-0.2, 0) is 20.8 Å². The number of amides is 2. The maximum Gasteiger partial charge on any atom is 0.311 e. The molecule has 2 amide bonds. The molecule has 264 valence electrons. The maximum atomic E-state index is 13.5. The molecule has 3 aliphatic heterocycles. The SMILES string of the molecule is Cc1c(C)c2c(c(C)c1OC(=O)CCC(=O)NCC1CC(C)(C)N(O)C1(C)C)CCC(C)(C(=O)NCC1CC(C)(C)N(O)C1(C)C)O2. The summed E-state index contributed by atoms with van der Waals surface area (Å²) in [4.78, 5) is 39.1. The number of benzene rings is 1. The number of carbonyl (C=O) groups excluding carboxylic acids is 3. The lowest BCUT2D eigenvalue weighted by atomic mass is 9.85. The van der Waals surface area contributed by atoms with Gasteiger partial charge in [-0.1, -0.05) is 0 Å². The molecule has 0 radical (unpaired) electrons. The van der Waals surface area contributed by atoms with Gasteiger partial charge in [0.05, 0.1) is 6.42 Å². The lowest BCUT2D eigenvalue weighted by Crippen LogP contribution is -2.53. The number of carbonyl (C=O) groups is 3. The van der Waals surface area contributed by atoms with Crippen LogP contribution < -0.4 is 20.1 Å². The normalized spacial score (nSPS) is 27.5. The van der Waals surface area contributed by atoms with Crippen LogP contribution in [0.3, 0.4) is 0 Å². The second-order valence-electron chi connectivity index (χ2n) is 16.7. The highest BCUT2D eigenvalue weighted by atomic mass is 16.5. The number of hydrogen-bond donors (Lipinski definition) is 4. The average molecular weight is 659 g/mol. The molecule has 0 saturated carbocycles. The molecule has 0 aliphatic carbocycles. The predicted molar refractivity (Wildman–Crippen MR) is 179 cm³/mol. The van der Waals surface area contributed by atoms with Gasteiger partial charge in [0.25, 0.3) is 5.91 Å². The van der Waals surface area contributed by atoms with Gasteiger partial charge in [0.2, 0.25) is 5.91 Å². The summed E-state index contributed by atoms with van der Waals surface area (Å²) in [7, 11) is 0. The molecule has 47 heavy (non-hydrogen) atoms. The maximum absolute atomic E-state index is 13.5. The zero-order valence-electron chi connectivity index (χ0n) is 30.6.